The summed E-state index contributed by atoms with van der Waals surface area (Å²) >= 11 is 0. The van der Waals surface area contributed by atoms with Crippen LogP contribution < -0.4 is 11.5 Å². The maximum Gasteiger partial charge on any atom is 0.322 e. The molecule has 68 valence electrons. The predicted molar refractivity (Wildman–Crippen MR) is 40.8 cm³/mol. The second-order valence-corrected chi connectivity index (χ2v) is 2.06. The van der Waals surface area contributed by atoms with Crippen molar-refractivity contribution in [2.24, 2.45) is 11.5 Å². The molecule has 0 heterocycles. The molecule has 0 aliphatic carbocycles. The van der Waals surface area contributed by atoms with Crippen molar-refractivity contribution in [1.82, 2.24) is 0 Å². The summed E-state index contributed by atoms with van der Waals surface area (Å²) in [5.74, 6) is -0.367. The molecule has 5 heteroatoms. The zero-order valence-electron chi connectivity index (χ0n) is 6.58. The van der Waals surface area contributed by atoms with Gasteiger partial charge in [-0.2, -0.15) is 0 Å². The van der Waals surface area contributed by atoms with Crippen molar-refractivity contribution in [2.75, 3.05) is 13.7 Å². The third-order valence-corrected chi connectivity index (χ3v) is 1.22. The number of esters is 1. The van der Waals surface area contributed by atoms with E-state index in [0.717, 1.165) is 6.42 Å². The van der Waals surface area contributed by atoms with E-state index in [1.807, 2.05) is 0 Å². The average Bonchev–Trinajstić information content (AvgIpc) is 1.98. The third-order valence-electron chi connectivity index (χ3n) is 1.22. The van der Waals surface area contributed by atoms with Gasteiger partial charge in [0.05, 0.1) is 7.11 Å². The number of carbonyl (C=O) groups is 1. The summed E-state index contributed by atoms with van der Waals surface area (Å²) < 4.78 is 4.40. The van der Waals surface area contributed by atoms with Crippen molar-refractivity contribution in [1.29, 1.82) is 0 Å². The molecule has 0 aliphatic heterocycles. The Bertz CT molecular complexity index is 111. The van der Waals surface area contributed by atoms with Gasteiger partial charge in [-0.05, 0) is 19.4 Å². The lowest BCUT2D eigenvalue weighted by Crippen LogP contribution is -2.31. The summed E-state index contributed by atoms with van der Waals surface area (Å²) in [6.07, 6.45) is 1.36. The zero-order valence-corrected chi connectivity index (χ0v) is 6.58. The highest BCUT2D eigenvalue weighted by atomic mass is 19.0. The van der Waals surface area contributed by atoms with Crippen molar-refractivity contribution < 1.29 is 14.2 Å². The number of ether oxygens (including phenoxy) is 1. The highest BCUT2D eigenvalue weighted by molar-refractivity contribution is 5.75. The van der Waals surface area contributed by atoms with Crippen LogP contribution in [0.5, 0.6) is 0 Å². The summed E-state index contributed by atoms with van der Waals surface area (Å²) in [5.41, 5.74) is 10.6. The van der Waals surface area contributed by atoms with Gasteiger partial charge in [0.2, 0.25) is 0 Å². The molecule has 1 atom stereocenters. The number of hydrogen-bond donors (Lipinski definition) is 2. The SMILES string of the molecule is COC(=O)C(N)CCCN.F. The lowest BCUT2D eigenvalue weighted by Gasteiger charge is -2.06. The minimum atomic E-state index is -0.506. The van der Waals surface area contributed by atoms with E-state index in [-0.39, 0.29) is 10.7 Å². The van der Waals surface area contributed by atoms with Gasteiger partial charge in [0.15, 0.2) is 0 Å². The van der Waals surface area contributed by atoms with E-state index in [4.69, 9.17) is 11.5 Å². The highest BCUT2D eigenvalue weighted by Crippen LogP contribution is 1.93. The molecule has 11 heavy (non-hydrogen) atoms. The first-order valence-electron chi connectivity index (χ1n) is 3.26. The molecule has 4 N–H and O–H groups in total. The molecule has 0 rings (SSSR count). The van der Waals surface area contributed by atoms with Crippen LogP contribution >= 0.6 is 0 Å². The molecular weight excluding hydrogens is 151 g/mol. The second-order valence-electron chi connectivity index (χ2n) is 2.06. The Morgan fingerprint density at radius 2 is 2.18 bits per heavy atom. The van der Waals surface area contributed by atoms with Gasteiger partial charge in [-0.1, -0.05) is 0 Å². The first-order chi connectivity index (χ1) is 4.72. The quantitative estimate of drug-likeness (QED) is 0.545. The number of methoxy groups -OCH3 is 1. The van der Waals surface area contributed by atoms with Crippen LogP contribution in [0.4, 0.5) is 4.70 Å². The fourth-order valence-corrected chi connectivity index (χ4v) is 0.607. The molecule has 0 fully saturated rings. The summed E-state index contributed by atoms with van der Waals surface area (Å²) in [5, 5.41) is 0. The maximum atomic E-state index is 10.6. The normalized spacial score (nSPS) is 11.5. The Labute approximate surface area is 65.2 Å². The van der Waals surface area contributed by atoms with Crippen molar-refractivity contribution in [2.45, 2.75) is 18.9 Å². The summed E-state index contributed by atoms with van der Waals surface area (Å²) in [7, 11) is 1.32. The van der Waals surface area contributed by atoms with Crippen LogP contribution in [-0.2, 0) is 9.53 Å². The van der Waals surface area contributed by atoms with Crippen molar-refractivity contribution in [3.63, 3.8) is 0 Å². The van der Waals surface area contributed by atoms with E-state index in [1.165, 1.54) is 7.11 Å². The summed E-state index contributed by atoms with van der Waals surface area (Å²) in [4.78, 5) is 10.6. The first kappa shape index (κ1) is 12.9. The smallest absolute Gasteiger partial charge is 0.322 e. The molecule has 0 saturated carbocycles. The van der Waals surface area contributed by atoms with Crippen molar-refractivity contribution in [3.05, 3.63) is 0 Å². The fraction of sp³-hybridized carbons (Fsp3) is 0.833. The third kappa shape index (κ3) is 5.75. The largest absolute Gasteiger partial charge is 0.468 e. The van der Waals surface area contributed by atoms with Gasteiger partial charge in [0, 0.05) is 0 Å². The fourth-order valence-electron chi connectivity index (χ4n) is 0.607. The molecule has 0 aromatic carbocycles. The number of carbonyl (C=O) groups excluding carboxylic acids is 1. The molecule has 0 aliphatic rings. The Hall–Kier alpha value is -0.680. The lowest BCUT2D eigenvalue weighted by molar-refractivity contribution is -0.142. The molecule has 0 saturated heterocycles. The van der Waals surface area contributed by atoms with Crippen LogP contribution in [-0.4, -0.2) is 25.7 Å². The van der Waals surface area contributed by atoms with Crippen LogP contribution in [0.2, 0.25) is 0 Å². The van der Waals surface area contributed by atoms with Crippen LogP contribution in [0.3, 0.4) is 0 Å². The highest BCUT2D eigenvalue weighted by Gasteiger charge is 2.11. The first-order valence-corrected chi connectivity index (χ1v) is 3.26. The topological polar surface area (TPSA) is 78.3 Å². The van der Waals surface area contributed by atoms with Crippen LogP contribution in [0.25, 0.3) is 0 Å². The van der Waals surface area contributed by atoms with Crippen LogP contribution in [0, 0.1) is 0 Å². The van der Waals surface area contributed by atoms with Gasteiger partial charge in [-0.15, -0.1) is 0 Å². The lowest BCUT2D eigenvalue weighted by atomic mass is 10.2. The van der Waals surface area contributed by atoms with Gasteiger partial charge in [-0.25, -0.2) is 0 Å². The molecule has 0 radical (unpaired) electrons. The van der Waals surface area contributed by atoms with Gasteiger partial charge in [0.25, 0.3) is 0 Å². The Morgan fingerprint density at radius 3 is 2.55 bits per heavy atom. The van der Waals surface area contributed by atoms with Gasteiger partial charge < -0.3 is 16.2 Å². The number of hydrogen-bond acceptors (Lipinski definition) is 4. The molecular formula is C6H15FN2O2. The number of halogens is 1. The summed E-state index contributed by atoms with van der Waals surface area (Å²) in [6, 6.07) is -0.506. The monoisotopic (exact) mass is 166 g/mol. The van der Waals surface area contributed by atoms with E-state index in [1.54, 1.807) is 0 Å². The minimum Gasteiger partial charge on any atom is -0.468 e. The maximum absolute atomic E-state index is 10.6. The molecule has 4 nitrogen and oxygen atoms in total. The van der Waals surface area contributed by atoms with Crippen molar-refractivity contribution >= 4 is 5.97 Å². The van der Waals surface area contributed by atoms with E-state index in [2.05, 4.69) is 4.74 Å². The Morgan fingerprint density at radius 1 is 1.64 bits per heavy atom. The molecule has 0 spiro atoms. The standard InChI is InChI=1S/C6H14N2O2.FH/c1-10-6(9)5(8)3-2-4-7;/h5H,2-4,7-8H2,1H3;1H. The average molecular weight is 166 g/mol. The molecule has 0 amide bonds. The molecule has 0 aromatic heterocycles. The zero-order chi connectivity index (χ0) is 7.98. The Balaban J connectivity index is 0. The van der Waals surface area contributed by atoms with E-state index < -0.39 is 6.04 Å². The van der Waals surface area contributed by atoms with E-state index >= 15 is 0 Å². The predicted octanol–water partition coefficient (Wildman–Crippen LogP) is -0.622. The van der Waals surface area contributed by atoms with Gasteiger partial charge >= 0.3 is 5.97 Å². The van der Waals surface area contributed by atoms with Crippen LogP contribution in [0.15, 0.2) is 0 Å². The second kappa shape index (κ2) is 7.43. The molecule has 0 aromatic rings. The van der Waals surface area contributed by atoms with Gasteiger partial charge in [0.1, 0.15) is 6.04 Å². The summed E-state index contributed by atoms with van der Waals surface area (Å²) in [6.45, 7) is 0.560. The minimum absolute atomic E-state index is 0. The van der Waals surface area contributed by atoms with E-state index in [9.17, 15) is 4.79 Å². The molecule has 0 bridgehead atoms. The number of nitrogens with two attached hydrogens (primary N) is 2. The van der Waals surface area contributed by atoms with Crippen molar-refractivity contribution in [3.8, 4) is 0 Å². The van der Waals surface area contributed by atoms with Crippen LogP contribution in [0.1, 0.15) is 12.8 Å². The van der Waals surface area contributed by atoms with E-state index in [0.29, 0.717) is 13.0 Å². The van der Waals surface area contributed by atoms with Gasteiger partial charge in [-0.3, -0.25) is 9.50 Å². The molecule has 1 unspecified atom stereocenters. The Kier molecular flexibility index (Phi) is 8.74. The number of rotatable bonds is 4.